The fraction of sp³-hybridized carbons (Fsp3) is 0.958. The molecule has 0 rings (SSSR count). The lowest BCUT2D eigenvalue weighted by molar-refractivity contribution is -0.149. The second kappa shape index (κ2) is 43.7. The molecule has 0 radical (unpaired) electrons. The number of hydrogen-bond donors (Lipinski definition) is 2. The van der Waals surface area contributed by atoms with Crippen molar-refractivity contribution in [2.75, 3.05) is 51.0 Å². The number of hydrogen-bond acceptors (Lipinski definition) is 8. The summed E-state index contributed by atoms with van der Waals surface area (Å²) in [7, 11) is 0. The van der Waals surface area contributed by atoms with E-state index in [0.29, 0.717) is 37.9 Å². The minimum atomic E-state index is -0.428. The molecule has 0 spiro atoms. The molecule has 0 aliphatic carbocycles. The lowest BCUT2D eigenvalue weighted by atomic mass is 9.94. The van der Waals surface area contributed by atoms with E-state index in [0.717, 1.165) is 83.1 Å². The van der Waals surface area contributed by atoms with Crippen LogP contribution in [0.1, 0.15) is 227 Å². The normalized spacial score (nSPS) is 13.3. The van der Waals surface area contributed by atoms with Gasteiger partial charge >= 0.3 is 11.9 Å². The van der Waals surface area contributed by atoms with Crippen molar-refractivity contribution in [2.24, 2.45) is 11.8 Å². The van der Waals surface area contributed by atoms with Gasteiger partial charge in [0, 0.05) is 25.3 Å². The van der Waals surface area contributed by atoms with Crippen LogP contribution in [0.5, 0.6) is 0 Å². The Kier molecular flexibility index (Phi) is 43.1. The topological polar surface area (TPSA) is 96.3 Å². The van der Waals surface area contributed by atoms with Crippen molar-refractivity contribution in [2.45, 2.75) is 233 Å². The van der Waals surface area contributed by atoms with Crippen molar-refractivity contribution in [3.63, 3.8) is 0 Å². The number of esters is 2. The molecule has 0 aromatic heterocycles. The highest BCUT2D eigenvalue weighted by Gasteiger charge is 2.20. The summed E-state index contributed by atoms with van der Waals surface area (Å²) in [6.45, 7) is 12.6. The third-order valence-electron chi connectivity index (χ3n) is 11.3. The van der Waals surface area contributed by atoms with Gasteiger partial charge in [0.25, 0.3) is 0 Å². The average molecular weight is 814 g/mol. The summed E-state index contributed by atoms with van der Waals surface area (Å²) in [5.41, 5.74) is 0. The van der Waals surface area contributed by atoms with E-state index >= 15 is 0 Å². The molecule has 0 fully saturated rings. The number of aliphatic hydroxyl groups is 2. The van der Waals surface area contributed by atoms with Gasteiger partial charge in [-0.25, -0.2) is 0 Å². The zero-order valence-corrected chi connectivity index (χ0v) is 38.5. The van der Waals surface area contributed by atoms with Crippen LogP contribution < -0.4 is 0 Å². The number of unbranched alkanes of at least 4 members (excludes halogenated alkanes) is 19. The number of thioether (sulfide) groups is 1. The van der Waals surface area contributed by atoms with Crippen LogP contribution in [0.25, 0.3) is 0 Å². The number of carbonyl (C=O) groups excluding carboxylic acids is 2. The zero-order valence-electron chi connectivity index (χ0n) is 37.7. The maximum atomic E-state index is 13.0. The van der Waals surface area contributed by atoms with Crippen LogP contribution in [0.3, 0.4) is 0 Å². The van der Waals surface area contributed by atoms with E-state index in [1.807, 2.05) is 0 Å². The van der Waals surface area contributed by atoms with Gasteiger partial charge in [-0.15, -0.1) is 0 Å². The summed E-state index contributed by atoms with van der Waals surface area (Å²) in [5.74, 6) is 2.01. The van der Waals surface area contributed by atoms with Gasteiger partial charge in [-0.05, 0) is 82.5 Å². The lowest BCUT2D eigenvalue weighted by Crippen LogP contribution is -2.35. The van der Waals surface area contributed by atoms with Crippen molar-refractivity contribution >= 4 is 23.7 Å². The molecule has 0 heterocycles. The Morgan fingerprint density at radius 3 is 1.61 bits per heavy atom. The number of nitrogens with zero attached hydrogens (tertiary/aromatic N) is 1. The van der Waals surface area contributed by atoms with Crippen LogP contribution >= 0.6 is 11.8 Å². The average Bonchev–Trinajstić information content (AvgIpc) is 3.19. The molecule has 0 saturated heterocycles. The van der Waals surface area contributed by atoms with Gasteiger partial charge in [-0.3, -0.25) is 9.59 Å². The number of ether oxygens (including phenoxy) is 2. The van der Waals surface area contributed by atoms with Crippen LogP contribution in [0, 0.1) is 11.8 Å². The molecule has 3 unspecified atom stereocenters. The molecule has 334 valence electrons. The number of aliphatic hydroxyl groups excluding tert-OH is 2. The Labute approximate surface area is 352 Å². The third kappa shape index (κ3) is 37.4. The highest BCUT2D eigenvalue weighted by molar-refractivity contribution is 7.99. The molecule has 2 N–H and O–H groups in total. The highest BCUT2D eigenvalue weighted by Crippen LogP contribution is 2.22. The van der Waals surface area contributed by atoms with Crippen LogP contribution in [0.4, 0.5) is 0 Å². The maximum absolute atomic E-state index is 13.0. The molecule has 0 saturated carbocycles. The Hall–Kier alpha value is -0.830. The Morgan fingerprint density at radius 1 is 0.571 bits per heavy atom. The van der Waals surface area contributed by atoms with Gasteiger partial charge in [-0.1, -0.05) is 163 Å². The predicted molar refractivity (Wildman–Crippen MR) is 242 cm³/mol. The Balaban J connectivity index is 4.45. The minimum Gasteiger partial charge on any atom is -0.465 e. The molecule has 0 bridgehead atoms. The molecule has 56 heavy (non-hydrogen) atoms. The Bertz CT molecular complexity index is 831. The summed E-state index contributed by atoms with van der Waals surface area (Å²) in [6, 6.07) is 0. The second-order valence-electron chi connectivity index (χ2n) is 16.8. The fourth-order valence-electron chi connectivity index (χ4n) is 7.58. The van der Waals surface area contributed by atoms with Crippen molar-refractivity contribution < 1.29 is 29.3 Å². The third-order valence-corrected chi connectivity index (χ3v) is 12.4. The largest absolute Gasteiger partial charge is 0.465 e. The van der Waals surface area contributed by atoms with Crippen LogP contribution in [-0.4, -0.2) is 84.1 Å². The minimum absolute atomic E-state index is 0.00360. The van der Waals surface area contributed by atoms with Gasteiger partial charge in [-0.2, -0.15) is 11.8 Å². The molecule has 8 heteroatoms. The van der Waals surface area contributed by atoms with E-state index < -0.39 is 6.10 Å². The molecule has 7 nitrogen and oxygen atoms in total. The van der Waals surface area contributed by atoms with Gasteiger partial charge in [0.2, 0.25) is 0 Å². The number of rotatable bonds is 45. The maximum Gasteiger partial charge on any atom is 0.308 e. The molecule has 0 aromatic carbocycles. The number of carbonyl (C=O) groups is 2. The quantitative estimate of drug-likeness (QED) is 0.0463. The van der Waals surface area contributed by atoms with Gasteiger partial charge in [0.1, 0.15) is 0 Å². The van der Waals surface area contributed by atoms with Gasteiger partial charge in [0.15, 0.2) is 0 Å². The van der Waals surface area contributed by atoms with Crippen LogP contribution in [0.2, 0.25) is 0 Å². The van der Waals surface area contributed by atoms with Crippen molar-refractivity contribution in [1.82, 2.24) is 4.90 Å². The van der Waals surface area contributed by atoms with E-state index in [1.165, 1.54) is 128 Å². The fourth-order valence-corrected chi connectivity index (χ4v) is 8.45. The first-order valence-electron chi connectivity index (χ1n) is 24.3. The van der Waals surface area contributed by atoms with Crippen molar-refractivity contribution in [3.8, 4) is 0 Å². The van der Waals surface area contributed by atoms with Crippen molar-refractivity contribution in [3.05, 3.63) is 0 Å². The molecule has 0 aliphatic rings. The molecular formula is C48H95NO6S. The zero-order chi connectivity index (χ0) is 41.2. The van der Waals surface area contributed by atoms with Gasteiger partial charge < -0.3 is 24.6 Å². The summed E-state index contributed by atoms with van der Waals surface area (Å²) < 4.78 is 11.6. The summed E-state index contributed by atoms with van der Waals surface area (Å²) in [6.07, 6.45) is 34.7. The Morgan fingerprint density at radius 2 is 1.05 bits per heavy atom. The smallest absolute Gasteiger partial charge is 0.308 e. The standard InChI is InChI=1S/C48H95NO6S/c1-5-9-13-17-19-23-32-44(31-22-15-11-7-3)42-55-47(52)35-26-21-27-36-49(37-28-29-38-50)41-46(51)43-56-40-30-39-54-48(53)45(33-24-16-12-8-4)34-25-20-18-14-10-6-2/h44-46,50-51H,5-43H2,1-4H3. The van der Waals surface area contributed by atoms with E-state index in [-0.39, 0.29) is 24.5 Å². The highest BCUT2D eigenvalue weighted by atomic mass is 32.2. The van der Waals surface area contributed by atoms with Crippen LogP contribution in [-0.2, 0) is 19.1 Å². The monoisotopic (exact) mass is 814 g/mol. The van der Waals surface area contributed by atoms with E-state index in [4.69, 9.17) is 9.47 Å². The molecule has 0 aliphatic heterocycles. The first-order valence-corrected chi connectivity index (χ1v) is 25.5. The predicted octanol–water partition coefficient (Wildman–Crippen LogP) is 12.9. The molecule has 0 amide bonds. The van der Waals surface area contributed by atoms with Crippen molar-refractivity contribution in [1.29, 1.82) is 0 Å². The first-order chi connectivity index (χ1) is 27.4. The van der Waals surface area contributed by atoms with E-state index in [1.54, 1.807) is 11.8 Å². The van der Waals surface area contributed by atoms with E-state index in [9.17, 15) is 19.8 Å². The van der Waals surface area contributed by atoms with Crippen LogP contribution in [0.15, 0.2) is 0 Å². The summed E-state index contributed by atoms with van der Waals surface area (Å²) >= 11 is 1.73. The second-order valence-corrected chi connectivity index (χ2v) is 18.0. The lowest BCUT2D eigenvalue weighted by Gasteiger charge is -2.25. The summed E-state index contributed by atoms with van der Waals surface area (Å²) in [5, 5.41) is 20.2. The molecule has 0 aromatic rings. The first kappa shape index (κ1) is 55.2. The van der Waals surface area contributed by atoms with E-state index in [2.05, 4.69) is 32.6 Å². The SMILES string of the molecule is CCCCCCCCC(CCCCCC)COC(=O)CCCCCN(CCCCO)CC(O)CSCCCOC(=O)C(CCCCCC)CCCCCCCC. The molecular weight excluding hydrogens is 719 g/mol. The molecule has 3 atom stereocenters. The van der Waals surface area contributed by atoms with Gasteiger partial charge in [0.05, 0.1) is 25.2 Å². The summed E-state index contributed by atoms with van der Waals surface area (Å²) in [4.78, 5) is 27.9.